The number of ether oxygens (including phenoxy) is 1. The molecule has 1 amide bonds. The van der Waals surface area contributed by atoms with Gasteiger partial charge in [-0.15, -0.1) is 0 Å². The molecule has 0 radical (unpaired) electrons. The fourth-order valence-corrected chi connectivity index (χ4v) is 2.06. The van der Waals surface area contributed by atoms with Crippen molar-refractivity contribution in [1.82, 2.24) is 0 Å². The van der Waals surface area contributed by atoms with Crippen molar-refractivity contribution in [1.29, 1.82) is 0 Å². The summed E-state index contributed by atoms with van der Waals surface area (Å²) < 4.78 is 6.11. The molecular weight excluding hydrogens is 320 g/mol. The van der Waals surface area contributed by atoms with Crippen molar-refractivity contribution in [2.24, 2.45) is 0 Å². The van der Waals surface area contributed by atoms with Gasteiger partial charge in [-0.2, -0.15) is 0 Å². The van der Waals surface area contributed by atoms with Gasteiger partial charge in [-0.05, 0) is 46.6 Å². The van der Waals surface area contributed by atoms with E-state index in [1.165, 1.54) is 0 Å². The molecule has 3 N–H and O–H groups in total. The van der Waals surface area contributed by atoms with E-state index < -0.39 is 0 Å². The average molecular weight is 335 g/mol. The number of benzene rings is 2. The Hall–Kier alpha value is -2.01. The van der Waals surface area contributed by atoms with Crippen LogP contribution in [0.1, 0.15) is 5.56 Å². The third kappa shape index (κ3) is 3.51. The normalized spacial score (nSPS) is 10.1. The maximum atomic E-state index is 11.9. The summed E-state index contributed by atoms with van der Waals surface area (Å²) in [6, 6.07) is 12.9. The molecule has 0 atom stereocenters. The molecule has 0 aliphatic rings. The van der Waals surface area contributed by atoms with E-state index in [1.54, 1.807) is 18.2 Å². The van der Waals surface area contributed by atoms with Gasteiger partial charge in [0.25, 0.3) is 5.91 Å². The molecule has 0 bridgehead atoms. The number of amides is 1. The smallest absolute Gasteiger partial charge is 0.262 e. The number of anilines is 2. The molecule has 2 rings (SSSR count). The first kappa shape index (κ1) is 14.4. The third-order valence-corrected chi connectivity index (χ3v) is 3.62. The highest BCUT2D eigenvalue weighted by Gasteiger charge is 2.08. The third-order valence-electron chi connectivity index (χ3n) is 2.77. The monoisotopic (exact) mass is 334 g/mol. The summed E-state index contributed by atoms with van der Waals surface area (Å²) in [5.41, 5.74) is 8.10. The zero-order chi connectivity index (χ0) is 14.5. The van der Waals surface area contributed by atoms with Crippen molar-refractivity contribution in [2.75, 3.05) is 17.7 Å². The first-order valence-electron chi connectivity index (χ1n) is 6.10. The Labute approximate surface area is 126 Å². The minimum Gasteiger partial charge on any atom is -0.483 e. The van der Waals surface area contributed by atoms with Crippen molar-refractivity contribution >= 4 is 33.2 Å². The number of nitrogens with one attached hydrogen (secondary N) is 1. The number of halogens is 1. The van der Waals surface area contributed by atoms with Crippen LogP contribution in [0.25, 0.3) is 0 Å². The molecule has 0 unspecified atom stereocenters. The number of para-hydroxylation sites is 1. The number of carbonyl (C=O) groups is 1. The van der Waals surface area contributed by atoms with Gasteiger partial charge in [0.2, 0.25) is 0 Å². The van der Waals surface area contributed by atoms with Crippen LogP contribution in [0.4, 0.5) is 11.4 Å². The van der Waals surface area contributed by atoms with Crippen molar-refractivity contribution in [3.8, 4) is 5.75 Å². The average Bonchev–Trinajstić information content (AvgIpc) is 2.43. The lowest BCUT2D eigenvalue weighted by Crippen LogP contribution is -2.20. The van der Waals surface area contributed by atoms with Gasteiger partial charge in [0.05, 0.1) is 4.47 Å². The largest absolute Gasteiger partial charge is 0.483 e. The van der Waals surface area contributed by atoms with Crippen LogP contribution in [-0.4, -0.2) is 12.5 Å². The fourth-order valence-electron chi connectivity index (χ4n) is 1.68. The zero-order valence-corrected chi connectivity index (χ0v) is 12.6. The molecule has 2 aromatic rings. The minimum atomic E-state index is -0.214. The lowest BCUT2D eigenvalue weighted by Gasteiger charge is -2.11. The molecule has 0 saturated heterocycles. The first-order chi connectivity index (χ1) is 9.58. The van der Waals surface area contributed by atoms with E-state index in [9.17, 15) is 4.79 Å². The zero-order valence-electron chi connectivity index (χ0n) is 11.0. The number of nitrogens with two attached hydrogens (primary N) is 1. The molecule has 0 heterocycles. The maximum absolute atomic E-state index is 11.9. The van der Waals surface area contributed by atoms with Crippen molar-refractivity contribution in [3.05, 3.63) is 52.5 Å². The summed E-state index contributed by atoms with van der Waals surface area (Å²) in [4.78, 5) is 11.9. The van der Waals surface area contributed by atoms with Gasteiger partial charge in [0.15, 0.2) is 6.61 Å². The van der Waals surface area contributed by atoms with Gasteiger partial charge >= 0.3 is 0 Å². The summed E-state index contributed by atoms with van der Waals surface area (Å²) in [5.74, 6) is 0.332. The van der Waals surface area contributed by atoms with Gasteiger partial charge < -0.3 is 15.8 Å². The van der Waals surface area contributed by atoms with Crippen LogP contribution >= 0.6 is 15.9 Å². The highest BCUT2D eigenvalue weighted by atomic mass is 79.9. The first-order valence-corrected chi connectivity index (χ1v) is 6.89. The van der Waals surface area contributed by atoms with Crippen LogP contribution in [0, 0.1) is 6.92 Å². The van der Waals surface area contributed by atoms with Crippen LogP contribution in [0.5, 0.6) is 5.75 Å². The fraction of sp³-hybridized carbons (Fsp3) is 0.133. The van der Waals surface area contributed by atoms with E-state index in [0.717, 1.165) is 11.3 Å². The van der Waals surface area contributed by atoms with E-state index in [-0.39, 0.29) is 12.5 Å². The van der Waals surface area contributed by atoms with E-state index in [4.69, 9.17) is 10.5 Å². The second-order valence-corrected chi connectivity index (χ2v) is 5.10. The molecule has 0 saturated carbocycles. The predicted molar refractivity (Wildman–Crippen MR) is 83.9 cm³/mol. The van der Waals surface area contributed by atoms with Crippen LogP contribution in [0.15, 0.2) is 46.9 Å². The second kappa shape index (κ2) is 6.43. The lowest BCUT2D eigenvalue weighted by atomic mass is 10.2. The maximum Gasteiger partial charge on any atom is 0.262 e. The van der Waals surface area contributed by atoms with Crippen LogP contribution in [0.2, 0.25) is 0 Å². The Balaban J connectivity index is 1.96. The standard InChI is InChI=1S/C15H15BrN2O2/c1-10-5-2-3-7-12(10)18-14(19)9-20-13-8-4-6-11(17)15(13)16/h2-8H,9,17H2,1H3,(H,18,19). The van der Waals surface area contributed by atoms with E-state index in [2.05, 4.69) is 21.2 Å². The van der Waals surface area contributed by atoms with E-state index >= 15 is 0 Å². The van der Waals surface area contributed by atoms with Gasteiger partial charge in [-0.3, -0.25) is 4.79 Å². The molecule has 20 heavy (non-hydrogen) atoms. The minimum absolute atomic E-state index is 0.0730. The lowest BCUT2D eigenvalue weighted by molar-refractivity contribution is -0.118. The second-order valence-electron chi connectivity index (χ2n) is 4.31. The molecule has 5 heteroatoms. The predicted octanol–water partition coefficient (Wildman–Crippen LogP) is 3.36. The van der Waals surface area contributed by atoms with Gasteiger partial charge in [0.1, 0.15) is 5.75 Å². The van der Waals surface area contributed by atoms with Crippen molar-refractivity contribution in [3.63, 3.8) is 0 Å². The summed E-state index contributed by atoms with van der Waals surface area (Å²) in [5, 5.41) is 2.80. The topological polar surface area (TPSA) is 64.3 Å². The number of hydrogen-bond donors (Lipinski definition) is 2. The Kier molecular flexibility index (Phi) is 4.63. The highest BCUT2D eigenvalue weighted by molar-refractivity contribution is 9.10. The van der Waals surface area contributed by atoms with E-state index in [0.29, 0.717) is 15.9 Å². The van der Waals surface area contributed by atoms with Crippen molar-refractivity contribution in [2.45, 2.75) is 6.92 Å². The van der Waals surface area contributed by atoms with Gasteiger partial charge in [0, 0.05) is 11.4 Å². The van der Waals surface area contributed by atoms with Gasteiger partial charge in [-0.1, -0.05) is 24.3 Å². The SMILES string of the molecule is Cc1ccccc1NC(=O)COc1cccc(N)c1Br. The Bertz CT molecular complexity index is 629. The number of aryl methyl sites for hydroxylation is 1. The van der Waals surface area contributed by atoms with Crippen LogP contribution in [-0.2, 0) is 4.79 Å². The number of rotatable bonds is 4. The Morgan fingerprint density at radius 2 is 2.00 bits per heavy atom. The molecule has 0 aliphatic heterocycles. The molecule has 0 aromatic heterocycles. The number of carbonyl (C=O) groups excluding carboxylic acids is 1. The molecule has 2 aromatic carbocycles. The van der Waals surface area contributed by atoms with Crippen molar-refractivity contribution < 1.29 is 9.53 Å². The summed E-state index contributed by atoms with van der Waals surface area (Å²) in [7, 11) is 0. The molecular formula is C15H15BrN2O2. The van der Waals surface area contributed by atoms with Gasteiger partial charge in [-0.25, -0.2) is 0 Å². The number of nitrogen functional groups attached to an aromatic ring is 1. The summed E-state index contributed by atoms with van der Waals surface area (Å²) >= 11 is 3.33. The Morgan fingerprint density at radius 1 is 1.25 bits per heavy atom. The quantitative estimate of drug-likeness (QED) is 0.842. The summed E-state index contributed by atoms with van der Waals surface area (Å²) in [6.07, 6.45) is 0. The molecule has 0 spiro atoms. The molecule has 0 aliphatic carbocycles. The highest BCUT2D eigenvalue weighted by Crippen LogP contribution is 2.30. The Morgan fingerprint density at radius 3 is 2.75 bits per heavy atom. The summed E-state index contributed by atoms with van der Waals surface area (Å²) in [6.45, 7) is 1.86. The molecule has 104 valence electrons. The molecule has 4 nitrogen and oxygen atoms in total. The van der Waals surface area contributed by atoms with Crippen LogP contribution in [0.3, 0.4) is 0 Å². The number of hydrogen-bond acceptors (Lipinski definition) is 3. The van der Waals surface area contributed by atoms with E-state index in [1.807, 2.05) is 31.2 Å². The van der Waals surface area contributed by atoms with Crippen LogP contribution < -0.4 is 15.8 Å². The molecule has 0 fully saturated rings.